The maximum atomic E-state index is 5.93. The van der Waals surface area contributed by atoms with Gasteiger partial charge in [-0.2, -0.15) is 12.6 Å². The zero-order chi connectivity index (χ0) is 56.8. The summed E-state index contributed by atoms with van der Waals surface area (Å²) in [4.78, 5) is 6.83. The summed E-state index contributed by atoms with van der Waals surface area (Å²) in [6.07, 6.45) is 28.1. The minimum absolute atomic E-state index is 0.757. The molecule has 0 atom stereocenters. The van der Waals surface area contributed by atoms with Crippen LogP contribution in [0, 0.1) is 0 Å². The van der Waals surface area contributed by atoms with E-state index in [1.54, 1.807) is 32.4 Å². The Bertz CT molecular complexity index is 2180. The Balaban J connectivity index is 0.000000285. The van der Waals surface area contributed by atoms with Crippen LogP contribution in [0.1, 0.15) is 176 Å². The molecule has 0 fully saturated rings. The van der Waals surface area contributed by atoms with Gasteiger partial charge in [-0.1, -0.05) is 359 Å². The Morgan fingerprint density at radius 1 is 0.300 bits per heavy atom. The van der Waals surface area contributed by atoms with Crippen molar-refractivity contribution in [1.82, 2.24) is 14.7 Å². The van der Waals surface area contributed by atoms with Gasteiger partial charge in [0.25, 0.3) is 0 Å². The molecule has 0 radical (unpaired) electrons. The fourth-order valence-corrected chi connectivity index (χ4v) is 14.2. The molecule has 0 heterocycles. The van der Waals surface area contributed by atoms with E-state index in [4.69, 9.17) is 36.7 Å². The van der Waals surface area contributed by atoms with Gasteiger partial charge in [0.1, 0.15) is 13.0 Å². The Labute approximate surface area is 524 Å². The van der Waals surface area contributed by atoms with Crippen molar-refractivity contribution in [2.75, 3.05) is 11.5 Å². The van der Waals surface area contributed by atoms with Crippen molar-refractivity contribution < 1.29 is 0 Å². The van der Waals surface area contributed by atoms with E-state index < -0.39 is 0 Å². The molecule has 0 bridgehead atoms. The van der Waals surface area contributed by atoms with Gasteiger partial charge in [0, 0.05) is 45.0 Å². The average molecular weight is 1220 g/mol. The van der Waals surface area contributed by atoms with Gasteiger partial charge in [-0.15, -0.1) is 0 Å². The van der Waals surface area contributed by atoms with Crippen LogP contribution >= 0.6 is 92.5 Å². The SMILES string of the molecule is CCCCCCCCCCCCS.CCCCCCCCCCCCSSC(=S)N(Cc1ccccc1)Cc1ccccc1.S=C(SSC(=S)N(Cc1ccccc1)Cc1ccccc1)N(Cc1ccccc1)Cc1ccccc1. The number of rotatable bonds is 34. The number of hydrogen-bond donors (Lipinski definition) is 1. The van der Waals surface area contributed by atoms with E-state index in [9.17, 15) is 0 Å². The monoisotopic (exact) mass is 1220 g/mol. The summed E-state index contributed by atoms with van der Waals surface area (Å²) in [7, 11) is 6.84. The minimum atomic E-state index is 0.757. The van der Waals surface area contributed by atoms with Crippen LogP contribution in [0.3, 0.4) is 0 Å². The zero-order valence-electron chi connectivity index (χ0n) is 48.3. The first kappa shape index (κ1) is 69.2. The van der Waals surface area contributed by atoms with E-state index in [2.05, 4.69) is 199 Å². The first-order valence-corrected chi connectivity index (χ1v) is 36.1. The van der Waals surface area contributed by atoms with Gasteiger partial charge >= 0.3 is 0 Å². The van der Waals surface area contributed by atoms with Gasteiger partial charge in [-0.05, 0) is 84.4 Å². The number of thiocarbonyl (C=S) groups is 3. The minimum Gasteiger partial charge on any atom is -0.348 e. The normalized spacial score (nSPS) is 10.7. The van der Waals surface area contributed by atoms with E-state index >= 15 is 0 Å². The van der Waals surface area contributed by atoms with Crippen LogP contribution in [0.15, 0.2) is 182 Å². The number of hydrogen-bond acceptors (Lipinski definition) is 8. The molecule has 3 nitrogen and oxygen atoms in total. The third kappa shape index (κ3) is 33.7. The van der Waals surface area contributed by atoms with Crippen LogP contribution in [0.4, 0.5) is 0 Å². The molecule has 6 aromatic carbocycles. The highest BCUT2D eigenvalue weighted by Crippen LogP contribution is 2.32. The second kappa shape index (κ2) is 47.1. The van der Waals surface area contributed by atoms with E-state index in [0.29, 0.717) is 0 Å². The number of nitrogens with zero attached hydrogens (tertiary/aromatic N) is 3. The lowest BCUT2D eigenvalue weighted by Gasteiger charge is -2.27. The van der Waals surface area contributed by atoms with E-state index in [1.165, 1.54) is 168 Å². The van der Waals surface area contributed by atoms with E-state index in [1.807, 2.05) is 35.1 Å². The Morgan fingerprint density at radius 3 is 0.750 bits per heavy atom. The molecule has 432 valence electrons. The second-order valence-corrected chi connectivity index (χ2v) is 27.3. The summed E-state index contributed by atoms with van der Waals surface area (Å²) in [6, 6.07) is 63.2. The highest BCUT2D eigenvalue weighted by molar-refractivity contribution is 8.89. The van der Waals surface area contributed by atoms with Gasteiger partial charge in [0.05, 0.1) is 0 Å². The lowest BCUT2D eigenvalue weighted by Crippen LogP contribution is -2.28. The maximum absolute atomic E-state index is 5.93. The predicted molar refractivity (Wildman–Crippen MR) is 377 cm³/mol. The zero-order valence-corrected chi connectivity index (χ0v) is 54.9. The molecule has 0 unspecified atom stereocenters. The molecule has 0 aliphatic heterocycles. The topological polar surface area (TPSA) is 9.72 Å². The van der Waals surface area contributed by atoms with Gasteiger partial charge in [0.2, 0.25) is 0 Å². The number of thiol groups is 1. The molecule has 0 aliphatic rings. The van der Waals surface area contributed by atoms with E-state index in [-0.39, 0.29) is 0 Å². The van der Waals surface area contributed by atoms with Crippen molar-refractivity contribution >= 4 is 105 Å². The van der Waals surface area contributed by atoms with Crippen LogP contribution in [-0.4, -0.2) is 39.2 Å². The van der Waals surface area contributed by atoms with Crippen molar-refractivity contribution in [3.8, 4) is 0 Å². The lowest BCUT2D eigenvalue weighted by atomic mass is 10.1. The van der Waals surface area contributed by atoms with Crippen LogP contribution < -0.4 is 0 Å². The first-order chi connectivity index (χ1) is 39.4. The summed E-state index contributed by atoms with van der Waals surface area (Å²) in [6.45, 7) is 9.31. The largest absolute Gasteiger partial charge is 0.348 e. The Hall–Kier alpha value is -3.26. The highest BCUT2D eigenvalue weighted by atomic mass is 33.1. The summed E-state index contributed by atoms with van der Waals surface area (Å²) < 4.78 is 2.65. The van der Waals surface area contributed by atoms with Gasteiger partial charge < -0.3 is 14.7 Å². The second-order valence-electron chi connectivity index (χ2n) is 20.4. The molecule has 6 aromatic rings. The summed E-state index contributed by atoms with van der Waals surface area (Å²) in [5.74, 6) is 2.25. The molecule has 0 saturated heterocycles. The summed E-state index contributed by atoms with van der Waals surface area (Å²) in [5.41, 5.74) is 7.55. The molecule has 0 aliphatic carbocycles. The third-order valence-electron chi connectivity index (χ3n) is 13.5. The van der Waals surface area contributed by atoms with Crippen molar-refractivity contribution in [2.45, 2.75) is 182 Å². The molecule has 0 aromatic heterocycles. The third-order valence-corrected chi connectivity index (χ3v) is 20.7. The fraction of sp³-hybridized carbons (Fsp3) is 0.435. The number of unbranched alkanes of at least 4 members (excludes halogenated alkanes) is 18. The standard InChI is InChI=1S/C30H28N2S4.C27H39NS3.C12H26S/c33-29(31(21-25-13-5-1-6-14-25)22-26-15-7-2-8-16-26)35-36-30(34)32(23-27-17-9-3-10-18-27)24-28-19-11-4-12-20-28;1-2-3-4-5-6-7-8-9-10-17-22-30-31-27(29)28(23-25-18-13-11-14-19-25)24-26-20-15-12-16-21-26;1-2-3-4-5-6-7-8-9-10-11-12-13/h1-20H,21-24H2;11-16,18-21H,2-10,17,22-24H2,1H3;13H,2-12H2,1H3. The summed E-state index contributed by atoms with van der Waals surface area (Å²) >= 11 is 21.9. The predicted octanol–water partition coefficient (Wildman–Crippen LogP) is 22.5. The molecule has 0 spiro atoms. The quantitative estimate of drug-likeness (QED) is 0.0180. The molecule has 11 heteroatoms. The van der Waals surface area contributed by atoms with Crippen molar-refractivity contribution in [3.63, 3.8) is 0 Å². The smallest absolute Gasteiger partial charge is 0.148 e. The molecular weight excluding hydrogens is 1130 g/mol. The van der Waals surface area contributed by atoms with Crippen molar-refractivity contribution in [3.05, 3.63) is 215 Å². The van der Waals surface area contributed by atoms with Crippen LogP contribution in [-0.2, 0) is 39.3 Å². The summed E-state index contributed by atoms with van der Waals surface area (Å²) in [5, 5.41) is 0. The molecule has 80 heavy (non-hydrogen) atoms. The molecule has 0 amide bonds. The van der Waals surface area contributed by atoms with Crippen molar-refractivity contribution in [2.24, 2.45) is 0 Å². The Kier molecular flexibility index (Phi) is 40.8. The van der Waals surface area contributed by atoms with Crippen LogP contribution in [0.2, 0.25) is 0 Å². The fourth-order valence-electron chi connectivity index (χ4n) is 8.95. The van der Waals surface area contributed by atoms with Crippen LogP contribution in [0.25, 0.3) is 0 Å². The van der Waals surface area contributed by atoms with E-state index in [0.717, 1.165) is 58.0 Å². The van der Waals surface area contributed by atoms with Crippen molar-refractivity contribution in [1.29, 1.82) is 0 Å². The van der Waals surface area contributed by atoms with Gasteiger partial charge in [0.15, 0.2) is 0 Å². The first-order valence-electron chi connectivity index (χ1n) is 29.7. The molecule has 0 saturated carbocycles. The van der Waals surface area contributed by atoms with Crippen LogP contribution in [0.5, 0.6) is 0 Å². The molecule has 6 rings (SSSR count). The highest BCUT2D eigenvalue weighted by Gasteiger charge is 2.18. The molecule has 0 N–H and O–H groups in total. The Morgan fingerprint density at radius 2 is 0.512 bits per heavy atom. The average Bonchev–Trinajstić information content (AvgIpc) is 3.50. The number of benzene rings is 6. The lowest BCUT2D eigenvalue weighted by molar-refractivity contribution is 0.421. The van der Waals surface area contributed by atoms with Gasteiger partial charge in [-0.25, -0.2) is 0 Å². The maximum Gasteiger partial charge on any atom is 0.148 e. The van der Waals surface area contributed by atoms with Gasteiger partial charge in [-0.3, -0.25) is 0 Å². The molecular formula is C69H93N3S8.